The number of para-hydroxylation sites is 1. The maximum absolute atomic E-state index is 11.8. The molecule has 1 N–H and O–H groups in total. The van der Waals surface area contributed by atoms with Crippen molar-refractivity contribution in [1.29, 1.82) is 0 Å². The van der Waals surface area contributed by atoms with Gasteiger partial charge in [-0.15, -0.1) is 0 Å². The smallest absolute Gasteiger partial charge is 0.333 e. The molecule has 0 unspecified atom stereocenters. The molecule has 0 saturated heterocycles. The Bertz CT molecular complexity index is 634. The molecule has 1 aromatic rings. The molecule has 1 heterocycles. The molecule has 0 amide bonds. The summed E-state index contributed by atoms with van der Waals surface area (Å²) in [7, 11) is -3.53. The lowest BCUT2D eigenvalue weighted by Gasteiger charge is -2.33. The first-order chi connectivity index (χ1) is 9.32. The van der Waals surface area contributed by atoms with Crippen LogP contribution in [0.3, 0.4) is 0 Å². The van der Waals surface area contributed by atoms with Crippen LogP contribution in [0, 0.1) is 0 Å². The van der Waals surface area contributed by atoms with Crippen LogP contribution in [0.5, 0.6) is 0 Å². The first-order valence-corrected chi connectivity index (χ1v) is 8.20. The molecule has 6 heteroatoms. The summed E-state index contributed by atoms with van der Waals surface area (Å²) in [5.41, 5.74) is 1.18. The van der Waals surface area contributed by atoms with Crippen LogP contribution in [-0.2, 0) is 14.8 Å². The molecular weight excluding hydrogens is 278 g/mol. The van der Waals surface area contributed by atoms with Crippen molar-refractivity contribution in [2.45, 2.75) is 26.8 Å². The zero-order chi connectivity index (χ0) is 15.5. The van der Waals surface area contributed by atoms with E-state index in [1.165, 1.54) is 6.08 Å². The van der Waals surface area contributed by atoms with Gasteiger partial charge in [-0.05, 0) is 24.6 Å². The van der Waals surface area contributed by atoms with Crippen LogP contribution in [0.1, 0.15) is 26.3 Å². The molecule has 0 saturated carbocycles. The number of hydrogen-bond donors (Lipinski definition) is 1. The van der Waals surface area contributed by atoms with Crippen LogP contribution in [0.2, 0.25) is 0 Å². The molecule has 0 radical (unpaired) electrons. The van der Waals surface area contributed by atoms with Gasteiger partial charge in [0.15, 0.2) is 0 Å². The van der Waals surface area contributed by atoms with E-state index in [9.17, 15) is 13.2 Å². The standard InChI is InChI=1S/C12H13NO4S.C2H6/c1-8-10(12(14)15)7-9-5-3-4-6-11(9)13(8)18(2,16)17;1-2/h3-8H,1-2H3,(H,14,15);1-2H3/t8-;/m1./s1. The van der Waals surface area contributed by atoms with Gasteiger partial charge in [0.25, 0.3) is 0 Å². The Labute approximate surface area is 119 Å². The zero-order valence-electron chi connectivity index (χ0n) is 12.0. The highest BCUT2D eigenvalue weighted by Gasteiger charge is 2.33. The maximum atomic E-state index is 11.8. The molecule has 110 valence electrons. The van der Waals surface area contributed by atoms with Crippen LogP contribution >= 0.6 is 0 Å². The number of rotatable bonds is 2. The number of carbonyl (C=O) groups is 1. The van der Waals surface area contributed by atoms with Crippen molar-refractivity contribution in [2.75, 3.05) is 10.6 Å². The van der Waals surface area contributed by atoms with E-state index in [-0.39, 0.29) is 5.57 Å². The molecule has 0 aliphatic carbocycles. The van der Waals surface area contributed by atoms with Crippen LogP contribution in [-0.4, -0.2) is 31.8 Å². The van der Waals surface area contributed by atoms with Gasteiger partial charge in [0.2, 0.25) is 10.0 Å². The minimum absolute atomic E-state index is 0.0686. The minimum atomic E-state index is -3.53. The summed E-state index contributed by atoms with van der Waals surface area (Å²) in [6.07, 6.45) is 2.59. The van der Waals surface area contributed by atoms with E-state index in [2.05, 4.69) is 0 Å². The minimum Gasteiger partial charge on any atom is -0.478 e. The number of carboxylic acid groups (broad SMARTS) is 1. The molecule has 2 rings (SSSR count). The van der Waals surface area contributed by atoms with Gasteiger partial charge in [0, 0.05) is 0 Å². The summed E-state index contributed by atoms with van der Waals surface area (Å²) < 4.78 is 24.8. The summed E-state index contributed by atoms with van der Waals surface area (Å²) in [6.45, 7) is 5.57. The average Bonchev–Trinajstić information content (AvgIpc) is 2.38. The molecule has 1 aliphatic rings. The number of nitrogens with zero attached hydrogens (tertiary/aromatic N) is 1. The predicted octanol–water partition coefficient (Wildman–Crippen LogP) is 2.35. The largest absolute Gasteiger partial charge is 0.478 e. The number of hydrogen-bond acceptors (Lipinski definition) is 3. The lowest BCUT2D eigenvalue weighted by Crippen LogP contribution is -2.42. The van der Waals surface area contributed by atoms with Crippen molar-refractivity contribution in [2.24, 2.45) is 0 Å². The van der Waals surface area contributed by atoms with Crippen molar-refractivity contribution >= 4 is 27.8 Å². The maximum Gasteiger partial charge on any atom is 0.333 e. The monoisotopic (exact) mass is 297 g/mol. The van der Waals surface area contributed by atoms with Crippen LogP contribution in [0.15, 0.2) is 29.8 Å². The lowest BCUT2D eigenvalue weighted by atomic mass is 9.99. The third kappa shape index (κ3) is 3.01. The molecule has 1 atom stereocenters. The molecule has 1 aliphatic heterocycles. The van der Waals surface area contributed by atoms with Gasteiger partial charge in [-0.3, -0.25) is 4.31 Å². The Morgan fingerprint density at radius 3 is 2.30 bits per heavy atom. The van der Waals surface area contributed by atoms with Gasteiger partial charge >= 0.3 is 5.97 Å². The fraction of sp³-hybridized carbons (Fsp3) is 0.357. The highest BCUT2D eigenvalue weighted by Crippen LogP contribution is 2.34. The first kappa shape index (κ1) is 16.2. The van der Waals surface area contributed by atoms with Crippen molar-refractivity contribution in [3.63, 3.8) is 0 Å². The predicted molar refractivity (Wildman–Crippen MR) is 80.2 cm³/mol. The van der Waals surface area contributed by atoms with Crippen molar-refractivity contribution in [1.82, 2.24) is 0 Å². The summed E-state index contributed by atoms with van der Waals surface area (Å²) in [5.74, 6) is -1.11. The van der Waals surface area contributed by atoms with Crippen LogP contribution < -0.4 is 4.31 Å². The quantitative estimate of drug-likeness (QED) is 0.909. The molecule has 0 bridgehead atoms. The first-order valence-electron chi connectivity index (χ1n) is 6.35. The third-order valence-corrected chi connectivity index (χ3v) is 4.12. The van der Waals surface area contributed by atoms with E-state index in [0.29, 0.717) is 11.3 Å². The van der Waals surface area contributed by atoms with Gasteiger partial charge < -0.3 is 5.11 Å². The molecule has 1 aromatic carbocycles. The molecule has 20 heavy (non-hydrogen) atoms. The molecule has 5 nitrogen and oxygen atoms in total. The highest BCUT2D eigenvalue weighted by atomic mass is 32.2. The second kappa shape index (κ2) is 6.09. The number of sulfonamides is 1. The number of benzene rings is 1. The van der Waals surface area contributed by atoms with E-state index >= 15 is 0 Å². The zero-order valence-corrected chi connectivity index (χ0v) is 12.8. The number of fused-ring (bicyclic) bond motifs is 1. The molecular formula is C14H19NO4S. The van der Waals surface area contributed by atoms with E-state index in [1.807, 2.05) is 13.8 Å². The SMILES string of the molecule is CC.C[C@@H]1C(C(=O)O)=Cc2ccccc2N1S(C)(=O)=O. The summed E-state index contributed by atoms with van der Waals surface area (Å²) >= 11 is 0. The van der Waals surface area contributed by atoms with Gasteiger partial charge in [-0.1, -0.05) is 32.0 Å². The number of anilines is 1. The van der Waals surface area contributed by atoms with Crippen LogP contribution in [0.4, 0.5) is 5.69 Å². The van der Waals surface area contributed by atoms with Crippen molar-refractivity contribution < 1.29 is 18.3 Å². The van der Waals surface area contributed by atoms with Gasteiger partial charge in [-0.25, -0.2) is 13.2 Å². The second-order valence-corrected chi connectivity index (χ2v) is 6.06. The summed E-state index contributed by atoms with van der Waals surface area (Å²) in [6, 6.07) is 6.12. The van der Waals surface area contributed by atoms with E-state index in [4.69, 9.17) is 5.11 Å². The molecule has 0 spiro atoms. The molecule has 0 fully saturated rings. The lowest BCUT2D eigenvalue weighted by molar-refractivity contribution is -0.132. The van der Waals surface area contributed by atoms with Gasteiger partial charge in [0.1, 0.15) is 0 Å². The fourth-order valence-corrected chi connectivity index (χ4v) is 3.35. The topological polar surface area (TPSA) is 74.7 Å². The average molecular weight is 297 g/mol. The van der Waals surface area contributed by atoms with Crippen LogP contribution in [0.25, 0.3) is 6.08 Å². The van der Waals surface area contributed by atoms with Crippen molar-refractivity contribution in [3.05, 3.63) is 35.4 Å². The Hall–Kier alpha value is -1.82. The molecule has 0 aromatic heterocycles. The second-order valence-electron chi connectivity index (χ2n) is 4.20. The van der Waals surface area contributed by atoms with Gasteiger partial charge in [-0.2, -0.15) is 0 Å². The summed E-state index contributed by atoms with van der Waals surface area (Å²) in [5, 5.41) is 9.13. The van der Waals surface area contributed by atoms with Crippen molar-refractivity contribution in [3.8, 4) is 0 Å². The third-order valence-electron chi connectivity index (χ3n) is 2.89. The Kier molecular flexibility index (Phi) is 4.94. The Morgan fingerprint density at radius 1 is 1.25 bits per heavy atom. The highest BCUT2D eigenvalue weighted by molar-refractivity contribution is 7.92. The van der Waals surface area contributed by atoms with E-state index in [1.54, 1.807) is 31.2 Å². The summed E-state index contributed by atoms with van der Waals surface area (Å²) in [4.78, 5) is 11.2. The number of aliphatic carboxylic acids is 1. The van der Waals surface area contributed by atoms with E-state index < -0.39 is 22.0 Å². The number of carboxylic acids is 1. The van der Waals surface area contributed by atoms with Gasteiger partial charge in [0.05, 0.1) is 23.6 Å². The normalized spacial score (nSPS) is 17.5. The Balaban J connectivity index is 0.000000956. The van der Waals surface area contributed by atoms with E-state index in [0.717, 1.165) is 10.6 Å². The Morgan fingerprint density at radius 2 is 1.80 bits per heavy atom. The fourth-order valence-electron chi connectivity index (χ4n) is 2.14.